The van der Waals surface area contributed by atoms with Crippen molar-refractivity contribution in [3.8, 4) is 0 Å². The minimum absolute atomic E-state index is 0.104. The Kier molecular flexibility index (Phi) is 4.65. The van der Waals surface area contributed by atoms with Gasteiger partial charge in [-0.15, -0.1) is 11.3 Å². The second-order valence-electron chi connectivity index (χ2n) is 6.77. The molecule has 1 aromatic carbocycles. The van der Waals surface area contributed by atoms with E-state index in [1.165, 1.54) is 28.6 Å². The number of furan rings is 1. The Hall–Kier alpha value is -1.90. The number of nitrogens with one attached hydrogen (secondary N) is 1. The Labute approximate surface area is 176 Å². The van der Waals surface area contributed by atoms with Crippen LogP contribution in [0.4, 0.5) is 0 Å². The maximum absolute atomic E-state index is 12.6. The third-order valence-electron chi connectivity index (χ3n) is 4.90. The summed E-state index contributed by atoms with van der Waals surface area (Å²) in [6.07, 6.45) is 4.27. The molecule has 0 saturated heterocycles. The zero-order valence-electron chi connectivity index (χ0n) is 14.7. The molecule has 0 saturated carbocycles. The zero-order chi connectivity index (χ0) is 19.3. The fraction of sp³-hybridized carbons (Fsp3) is 0.250. The number of thiophene rings is 1. The van der Waals surface area contributed by atoms with Crippen LogP contribution < -0.4 is 5.56 Å². The van der Waals surface area contributed by atoms with Crippen LogP contribution in [0.2, 0.25) is 0 Å². The Morgan fingerprint density at radius 1 is 1.29 bits per heavy atom. The van der Waals surface area contributed by atoms with Crippen molar-refractivity contribution in [3.63, 3.8) is 0 Å². The van der Waals surface area contributed by atoms with E-state index < -0.39 is 0 Å². The van der Waals surface area contributed by atoms with E-state index in [1.807, 2.05) is 18.2 Å². The molecule has 1 aliphatic carbocycles. The highest BCUT2D eigenvalue weighted by molar-refractivity contribution is 9.10. The highest BCUT2D eigenvalue weighted by Gasteiger charge is 2.20. The van der Waals surface area contributed by atoms with Crippen LogP contribution in [0.25, 0.3) is 21.2 Å². The molecule has 5 nitrogen and oxygen atoms in total. The molecule has 5 rings (SSSR count). The average Bonchev–Trinajstić information content (AvgIpc) is 3.26. The van der Waals surface area contributed by atoms with E-state index in [2.05, 4.69) is 25.9 Å². The molecule has 0 bridgehead atoms. The molecular weight excluding hydrogens is 460 g/mol. The van der Waals surface area contributed by atoms with E-state index in [1.54, 1.807) is 17.4 Å². The molecule has 142 valence electrons. The van der Waals surface area contributed by atoms with Crippen molar-refractivity contribution >= 4 is 66.0 Å². The lowest BCUT2D eigenvalue weighted by Gasteiger charge is -2.09. The largest absolute Gasteiger partial charge is 0.453 e. The molecule has 0 atom stereocenters. The number of hydrogen-bond donors (Lipinski definition) is 1. The normalized spacial score (nSPS) is 13.9. The first-order valence-corrected chi connectivity index (χ1v) is 11.6. The molecule has 3 aromatic heterocycles. The number of nitrogens with zero attached hydrogens (tertiary/aromatic N) is 1. The Bertz CT molecular complexity index is 1290. The van der Waals surface area contributed by atoms with Gasteiger partial charge in [0.15, 0.2) is 10.9 Å². The monoisotopic (exact) mass is 474 g/mol. The van der Waals surface area contributed by atoms with Gasteiger partial charge in [0.05, 0.1) is 11.1 Å². The molecule has 8 heteroatoms. The van der Waals surface area contributed by atoms with Gasteiger partial charge in [0.1, 0.15) is 10.4 Å². The lowest BCUT2D eigenvalue weighted by atomic mass is 9.97. The summed E-state index contributed by atoms with van der Waals surface area (Å²) in [5, 5.41) is 2.08. The Morgan fingerprint density at radius 2 is 2.14 bits per heavy atom. The van der Waals surface area contributed by atoms with Crippen molar-refractivity contribution in [2.24, 2.45) is 0 Å². The van der Waals surface area contributed by atoms with Crippen molar-refractivity contribution in [1.82, 2.24) is 9.97 Å². The molecule has 0 amide bonds. The summed E-state index contributed by atoms with van der Waals surface area (Å²) in [7, 11) is 0. The fourth-order valence-electron chi connectivity index (χ4n) is 3.57. The van der Waals surface area contributed by atoms with Crippen molar-refractivity contribution in [2.45, 2.75) is 30.8 Å². The molecular formula is C20H15BrN2O3S2. The molecule has 28 heavy (non-hydrogen) atoms. The predicted octanol–water partition coefficient (Wildman–Crippen LogP) is 5.35. The SMILES string of the molecule is O=C(CSc1nc2sc3c(c2c(=O)[nH]1)CCCC3)c1cc2cc(Br)ccc2o1. The first kappa shape index (κ1) is 18.1. The van der Waals surface area contributed by atoms with E-state index in [-0.39, 0.29) is 17.1 Å². The molecule has 4 aromatic rings. The van der Waals surface area contributed by atoms with E-state index in [4.69, 9.17) is 4.42 Å². The van der Waals surface area contributed by atoms with Gasteiger partial charge in [0, 0.05) is 14.7 Å². The van der Waals surface area contributed by atoms with Crippen molar-refractivity contribution in [1.29, 1.82) is 0 Å². The number of halogens is 1. The molecule has 0 unspecified atom stereocenters. The molecule has 3 heterocycles. The number of carbonyl (C=O) groups is 1. The summed E-state index contributed by atoms with van der Waals surface area (Å²) in [6, 6.07) is 7.36. The number of ketones is 1. The van der Waals surface area contributed by atoms with Crippen molar-refractivity contribution in [2.75, 3.05) is 5.75 Å². The lowest BCUT2D eigenvalue weighted by Crippen LogP contribution is -2.11. The average molecular weight is 475 g/mol. The van der Waals surface area contributed by atoms with Gasteiger partial charge in [-0.1, -0.05) is 27.7 Å². The van der Waals surface area contributed by atoms with Crippen LogP contribution in [-0.4, -0.2) is 21.5 Å². The minimum Gasteiger partial charge on any atom is -0.453 e. The van der Waals surface area contributed by atoms with E-state index in [0.717, 1.165) is 39.3 Å². The van der Waals surface area contributed by atoms with Crippen LogP contribution in [0, 0.1) is 0 Å². The van der Waals surface area contributed by atoms with Crippen LogP contribution >= 0.6 is 39.0 Å². The smallest absolute Gasteiger partial charge is 0.260 e. The number of aryl methyl sites for hydroxylation is 2. The standard InChI is InChI=1S/C20H15BrN2O3S2/c21-11-5-6-14-10(7-11)8-15(26-14)13(24)9-27-20-22-18(25)17-12-3-1-2-4-16(12)28-19(17)23-20/h5-8H,1-4,9H2,(H,22,23,25). The summed E-state index contributed by atoms with van der Waals surface area (Å²) in [6.45, 7) is 0. The molecule has 0 radical (unpaired) electrons. The highest BCUT2D eigenvalue weighted by Crippen LogP contribution is 2.34. The predicted molar refractivity (Wildman–Crippen MR) is 116 cm³/mol. The van der Waals surface area contributed by atoms with Gasteiger partial charge in [0.2, 0.25) is 5.78 Å². The van der Waals surface area contributed by atoms with E-state index >= 15 is 0 Å². The number of aromatic amines is 1. The van der Waals surface area contributed by atoms with Gasteiger partial charge < -0.3 is 9.40 Å². The Morgan fingerprint density at radius 3 is 3.04 bits per heavy atom. The second kappa shape index (κ2) is 7.17. The van der Waals surface area contributed by atoms with Gasteiger partial charge in [-0.05, 0) is 55.5 Å². The molecule has 0 fully saturated rings. The number of aromatic nitrogens is 2. The zero-order valence-corrected chi connectivity index (χ0v) is 17.9. The quantitative estimate of drug-likeness (QED) is 0.245. The summed E-state index contributed by atoms with van der Waals surface area (Å²) >= 11 is 6.26. The van der Waals surface area contributed by atoms with Gasteiger partial charge >= 0.3 is 0 Å². The van der Waals surface area contributed by atoms with Crippen LogP contribution in [-0.2, 0) is 12.8 Å². The number of rotatable bonds is 4. The third kappa shape index (κ3) is 3.23. The van der Waals surface area contributed by atoms with Crippen molar-refractivity contribution < 1.29 is 9.21 Å². The highest BCUT2D eigenvalue weighted by atomic mass is 79.9. The second-order valence-corrected chi connectivity index (χ2v) is 9.73. The number of carbonyl (C=O) groups excluding carboxylic acids is 1. The van der Waals surface area contributed by atoms with E-state index in [0.29, 0.717) is 16.5 Å². The first-order valence-electron chi connectivity index (χ1n) is 8.98. The maximum atomic E-state index is 12.6. The summed E-state index contributed by atoms with van der Waals surface area (Å²) in [5.74, 6) is 0.335. The number of Topliss-reactive ketones (excluding diaryl/α,β-unsaturated/α-hetero) is 1. The lowest BCUT2D eigenvalue weighted by molar-refractivity contribution is 0.0994. The number of hydrogen-bond acceptors (Lipinski definition) is 6. The van der Waals surface area contributed by atoms with E-state index in [9.17, 15) is 9.59 Å². The number of thioether (sulfide) groups is 1. The molecule has 0 aliphatic heterocycles. The number of benzene rings is 1. The van der Waals surface area contributed by atoms with Gasteiger partial charge in [-0.25, -0.2) is 4.98 Å². The van der Waals surface area contributed by atoms with Gasteiger partial charge in [0.25, 0.3) is 5.56 Å². The molecule has 1 N–H and O–H groups in total. The fourth-order valence-corrected chi connectivity index (χ4v) is 6.00. The molecule has 0 spiro atoms. The van der Waals surface area contributed by atoms with Crippen LogP contribution in [0.5, 0.6) is 0 Å². The summed E-state index contributed by atoms with van der Waals surface area (Å²) in [5.41, 5.74) is 1.74. The number of fused-ring (bicyclic) bond motifs is 4. The number of H-pyrrole nitrogens is 1. The van der Waals surface area contributed by atoms with Gasteiger partial charge in [-0.3, -0.25) is 9.59 Å². The minimum atomic E-state index is -0.134. The van der Waals surface area contributed by atoms with Crippen LogP contribution in [0.1, 0.15) is 33.8 Å². The van der Waals surface area contributed by atoms with Crippen molar-refractivity contribution in [3.05, 3.63) is 55.3 Å². The topological polar surface area (TPSA) is 76.0 Å². The summed E-state index contributed by atoms with van der Waals surface area (Å²) in [4.78, 5) is 34.6. The Balaban J connectivity index is 1.39. The molecule has 1 aliphatic rings. The third-order valence-corrected chi connectivity index (χ3v) is 7.45. The van der Waals surface area contributed by atoms with Crippen LogP contribution in [0.15, 0.2) is 43.1 Å². The van der Waals surface area contributed by atoms with Gasteiger partial charge in [-0.2, -0.15) is 0 Å². The summed E-state index contributed by atoms with van der Waals surface area (Å²) < 4.78 is 6.58. The van der Waals surface area contributed by atoms with Crippen LogP contribution in [0.3, 0.4) is 0 Å². The maximum Gasteiger partial charge on any atom is 0.260 e. The first-order chi connectivity index (χ1) is 13.6.